The molecule has 0 aliphatic carbocycles. The highest BCUT2D eigenvalue weighted by Gasteiger charge is 2.17. The van der Waals surface area contributed by atoms with Gasteiger partial charge in [0.15, 0.2) is 11.5 Å². The number of methoxy groups -OCH3 is 1. The molecule has 144 valence electrons. The van der Waals surface area contributed by atoms with Crippen LogP contribution in [0.5, 0.6) is 11.5 Å². The van der Waals surface area contributed by atoms with E-state index in [2.05, 4.69) is 5.32 Å². The lowest BCUT2D eigenvalue weighted by Gasteiger charge is -2.15. The molecular formula is C20H21F2NO4. The molecular weight excluding hydrogens is 356 g/mol. The van der Waals surface area contributed by atoms with Gasteiger partial charge in [-0.25, -0.2) is 8.78 Å². The molecule has 0 unspecified atom stereocenters. The largest absolute Gasteiger partial charge is 0.493 e. The molecule has 1 aliphatic rings. The molecule has 1 fully saturated rings. The maximum Gasteiger partial charge on any atom is 0.254 e. The first-order chi connectivity index (χ1) is 13.1. The van der Waals surface area contributed by atoms with Crippen molar-refractivity contribution in [1.82, 2.24) is 5.32 Å². The first-order valence-electron chi connectivity index (χ1n) is 8.71. The molecule has 1 atom stereocenters. The van der Waals surface area contributed by atoms with Gasteiger partial charge in [0.05, 0.1) is 18.8 Å². The SMILES string of the molecule is COc1cc(CNC(=O)c2cc(F)ccc2F)ccc1OC[C@H]1CCCO1. The van der Waals surface area contributed by atoms with Crippen LogP contribution in [0.25, 0.3) is 0 Å². The third-order valence-corrected chi connectivity index (χ3v) is 4.30. The van der Waals surface area contributed by atoms with Crippen molar-refractivity contribution in [2.24, 2.45) is 0 Å². The predicted octanol–water partition coefficient (Wildman–Crippen LogP) is 3.46. The second-order valence-electron chi connectivity index (χ2n) is 6.24. The van der Waals surface area contributed by atoms with Crippen LogP contribution in [-0.4, -0.2) is 32.3 Å². The molecule has 1 heterocycles. The number of ether oxygens (including phenoxy) is 3. The van der Waals surface area contributed by atoms with Crippen LogP contribution < -0.4 is 14.8 Å². The van der Waals surface area contributed by atoms with Crippen molar-refractivity contribution in [1.29, 1.82) is 0 Å². The van der Waals surface area contributed by atoms with Gasteiger partial charge < -0.3 is 19.5 Å². The summed E-state index contributed by atoms with van der Waals surface area (Å²) in [5.41, 5.74) is 0.403. The quantitative estimate of drug-likeness (QED) is 0.803. The van der Waals surface area contributed by atoms with Gasteiger partial charge in [0, 0.05) is 13.2 Å². The molecule has 1 aliphatic heterocycles. The molecule has 0 spiro atoms. The predicted molar refractivity (Wildman–Crippen MR) is 95.0 cm³/mol. The zero-order valence-corrected chi connectivity index (χ0v) is 15.0. The van der Waals surface area contributed by atoms with Crippen molar-refractivity contribution in [2.75, 3.05) is 20.3 Å². The molecule has 5 nitrogen and oxygen atoms in total. The van der Waals surface area contributed by atoms with E-state index < -0.39 is 17.5 Å². The third-order valence-electron chi connectivity index (χ3n) is 4.30. The molecule has 1 N–H and O–H groups in total. The average molecular weight is 377 g/mol. The van der Waals surface area contributed by atoms with Gasteiger partial charge in [-0.1, -0.05) is 6.07 Å². The highest BCUT2D eigenvalue weighted by atomic mass is 19.1. The summed E-state index contributed by atoms with van der Waals surface area (Å²) >= 11 is 0. The number of halogens is 2. The summed E-state index contributed by atoms with van der Waals surface area (Å²) in [5.74, 6) is -1.03. The summed E-state index contributed by atoms with van der Waals surface area (Å²) in [7, 11) is 1.53. The number of rotatable bonds is 7. The van der Waals surface area contributed by atoms with E-state index in [1.54, 1.807) is 18.2 Å². The summed E-state index contributed by atoms with van der Waals surface area (Å²) in [6.45, 7) is 1.35. The fraction of sp³-hybridized carbons (Fsp3) is 0.350. The Morgan fingerprint density at radius 2 is 2.07 bits per heavy atom. The summed E-state index contributed by atoms with van der Waals surface area (Å²) in [6.07, 6.45) is 2.11. The maximum atomic E-state index is 13.7. The van der Waals surface area contributed by atoms with Gasteiger partial charge in [0.1, 0.15) is 18.2 Å². The van der Waals surface area contributed by atoms with Crippen LogP contribution in [0.4, 0.5) is 8.78 Å². The Morgan fingerprint density at radius 3 is 2.81 bits per heavy atom. The normalized spacial score (nSPS) is 16.2. The molecule has 3 rings (SSSR count). The lowest BCUT2D eigenvalue weighted by molar-refractivity contribution is 0.0669. The minimum Gasteiger partial charge on any atom is -0.493 e. The molecule has 0 aromatic heterocycles. The lowest BCUT2D eigenvalue weighted by Crippen LogP contribution is -2.24. The van der Waals surface area contributed by atoms with Gasteiger partial charge in [-0.05, 0) is 48.7 Å². The second-order valence-corrected chi connectivity index (χ2v) is 6.24. The fourth-order valence-electron chi connectivity index (χ4n) is 2.85. The van der Waals surface area contributed by atoms with Crippen LogP contribution in [0.15, 0.2) is 36.4 Å². The number of nitrogens with one attached hydrogen (secondary N) is 1. The number of benzene rings is 2. The van der Waals surface area contributed by atoms with E-state index in [1.807, 2.05) is 0 Å². The maximum absolute atomic E-state index is 13.7. The number of hydrogen-bond acceptors (Lipinski definition) is 4. The van der Waals surface area contributed by atoms with E-state index in [-0.39, 0.29) is 18.2 Å². The van der Waals surface area contributed by atoms with E-state index in [0.717, 1.165) is 43.2 Å². The third kappa shape index (κ3) is 4.95. The van der Waals surface area contributed by atoms with Gasteiger partial charge in [0.25, 0.3) is 5.91 Å². The zero-order chi connectivity index (χ0) is 19.2. The standard InChI is InChI=1S/C20H21F2NO4/c1-25-19-9-13(4-7-18(19)27-12-15-3-2-8-26-15)11-23-20(24)16-10-14(21)5-6-17(16)22/h4-7,9-10,15H,2-3,8,11-12H2,1H3,(H,23,24)/t15-/m1/s1. The van der Waals surface area contributed by atoms with Crippen LogP contribution in [0.1, 0.15) is 28.8 Å². The topological polar surface area (TPSA) is 56.8 Å². The fourth-order valence-corrected chi connectivity index (χ4v) is 2.85. The van der Waals surface area contributed by atoms with Crippen molar-refractivity contribution in [3.63, 3.8) is 0 Å². The monoisotopic (exact) mass is 377 g/mol. The van der Waals surface area contributed by atoms with Crippen molar-refractivity contribution < 1.29 is 27.8 Å². The Balaban J connectivity index is 1.61. The Labute approximate surface area is 156 Å². The van der Waals surface area contributed by atoms with Crippen molar-refractivity contribution in [3.05, 3.63) is 59.2 Å². The summed E-state index contributed by atoms with van der Waals surface area (Å²) in [4.78, 5) is 12.1. The second kappa shape index (κ2) is 8.81. The summed E-state index contributed by atoms with van der Waals surface area (Å²) in [6, 6.07) is 8.01. The van der Waals surface area contributed by atoms with E-state index in [9.17, 15) is 13.6 Å². The molecule has 2 aromatic rings. The van der Waals surface area contributed by atoms with Crippen LogP contribution in [0, 0.1) is 11.6 Å². The summed E-state index contributed by atoms with van der Waals surface area (Å²) < 4.78 is 43.5. The highest BCUT2D eigenvalue weighted by Crippen LogP contribution is 2.29. The molecule has 7 heteroatoms. The molecule has 0 radical (unpaired) electrons. The molecule has 1 amide bonds. The Hall–Kier alpha value is -2.67. The minimum atomic E-state index is -0.774. The molecule has 1 saturated heterocycles. The highest BCUT2D eigenvalue weighted by molar-refractivity contribution is 5.94. The zero-order valence-electron chi connectivity index (χ0n) is 15.0. The van der Waals surface area contributed by atoms with Crippen molar-refractivity contribution in [3.8, 4) is 11.5 Å². The van der Waals surface area contributed by atoms with E-state index in [1.165, 1.54) is 7.11 Å². The number of amides is 1. The van der Waals surface area contributed by atoms with E-state index in [4.69, 9.17) is 14.2 Å². The van der Waals surface area contributed by atoms with Crippen LogP contribution in [0.2, 0.25) is 0 Å². The Bertz CT molecular complexity index is 807. The number of carbonyl (C=O) groups is 1. The first kappa shape index (κ1) is 19.1. The van der Waals surface area contributed by atoms with Crippen molar-refractivity contribution in [2.45, 2.75) is 25.5 Å². The van der Waals surface area contributed by atoms with Crippen LogP contribution in [-0.2, 0) is 11.3 Å². The Morgan fingerprint density at radius 1 is 1.22 bits per heavy atom. The Kier molecular flexibility index (Phi) is 6.24. The smallest absolute Gasteiger partial charge is 0.254 e. The minimum absolute atomic E-state index is 0.0924. The van der Waals surface area contributed by atoms with Gasteiger partial charge in [-0.2, -0.15) is 0 Å². The van der Waals surface area contributed by atoms with Gasteiger partial charge in [-0.15, -0.1) is 0 Å². The van der Waals surface area contributed by atoms with Crippen LogP contribution in [0.3, 0.4) is 0 Å². The van der Waals surface area contributed by atoms with Gasteiger partial charge in [0.2, 0.25) is 0 Å². The molecule has 0 saturated carbocycles. The lowest BCUT2D eigenvalue weighted by atomic mass is 10.1. The van der Waals surface area contributed by atoms with E-state index in [0.29, 0.717) is 18.1 Å². The van der Waals surface area contributed by atoms with E-state index >= 15 is 0 Å². The molecule has 27 heavy (non-hydrogen) atoms. The number of hydrogen-bond donors (Lipinski definition) is 1. The molecule has 2 aromatic carbocycles. The first-order valence-corrected chi connectivity index (χ1v) is 8.71. The average Bonchev–Trinajstić information content (AvgIpc) is 3.20. The number of carbonyl (C=O) groups excluding carboxylic acids is 1. The summed E-state index contributed by atoms with van der Waals surface area (Å²) in [5, 5.41) is 2.57. The van der Waals surface area contributed by atoms with Gasteiger partial charge in [-0.3, -0.25) is 4.79 Å². The van der Waals surface area contributed by atoms with Gasteiger partial charge >= 0.3 is 0 Å². The van der Waals surface area contributed by atoms with Crippen LogP contribution >= 0.6 is 0 Å². The van der Waals surface area contributed by atoms with Crippen molar-refractivity contribution >= 4 is 5.91 Å². The molecule has 0 bridgehead atoms.